The molecule has 1 N–H and O–H groups in total. The molecule has 1 aliphatic rings. The first-order valence-corrected chi connectivity index (χ1v) is 5.72. The fourth-order valence-electron chi connectivity index (χ4n) is 1.73. The smallest absolute Gasteiger partial charge is 0.0594 e. The summed E-state index contributed by atoms with van der Waals surface area (Å²) in [4.78, 5) is 2.50. The summed E-state index contributed by atoms with van der Waals surface area (Å²) in [6.45, 7) is 13.0. The monoisotopic (exact) mass is 200 g/mol. The molecule has 3 nitrogen and oxygen atoms in total. The summed E-state index contributed by atoms with van der Waals surface area (Å²) >= 11 is 0. The molecule has 0 aromatic rings. The van der Waals surface area contributed by atoms with Crippen LogP contribution in [0.4, 0.5) is 0 Å². The summed E-state index contributed by atoms with van der Waals surface area (Å²) in [5, 5.41) is 3.48. The van der Waals surface area contributed by atoms with Crippen LogP contribution >= 0.6 is 0 Å². The first kappa shape index (κ1) is 12.0. The van der Waals surface area contributed by atoms with Crippen LogP contribution in [0.1, 0.15) is 20.8 Å². The highest BCUT2D eigenvalue weighted by Gasteiger charge is 2.13. The lowest BCUT2D eigenvalue weighted by atomic mass is 10.1. The van der Waals surface area contributed by atoms with E-state index in [1.165, 1.54) is 6.54 Å². The first-order valence-electron chi connectivity index (χ1n) is 5.72. The van der Waals surface area contributed by atoms with Gasteiger partial charge in [0.2, 0.25) is 0 Å². The largest absolute Gasteiger partial charge is 0.379 e. The molecule has 1 fully saturated rings. The molecule has 1 atom stereocenters. The summed E-state index contributed by atoms with van der Waals surface area (Å²) in [6, 6.07) is 0.599. The third kappa shape index (κ3) is 4.94. The molecule has 0 radical (unpaired) electrons. The van der Waals surface area contributed by atoms with E-state index in [4.69, 9.17) is 4.74 Å². The molecule has 0 saturated carbocycles. The molecule has 0 bridgehead atoms. The topological polar surface area (TPSA) is 24.5 Å². The third-order valence-corrected chi connectivity index (χ3v) is 2.55. The first-order chi connectivity index (χ1) is 6.68. The van der Waals surface area contributed by atoms with E-state index in [-0.39, 0.29) is 0 Å². The van der Waals surface area contributed by atoms with E-state index in [9.17, 15) is 0 Å². The molecule has 0 aromatic carbocycles. The summed E-state index contributed by atoms with van der Waals surface area (Å²) < 4.78 is 5.32. The van der Waals surface area contributed by atoms with Crippen molar-refractivity contribution in [1.82, 2.24) is 10.2 Å². The number of hydrogen-bond acceptors (Lipinski definition) is 3. The van der Waals surface area contributed by atoms with Crippen LogP contribution in [0.2, 0.25) is 0 Å². The number of rotatable bonds is 5. The Kier molecular flexibility index (Phi) is 5.45. The van der Waals surface area contributed by atoms with Crippen molar-refractivity contribution in [3.63, 3.8) is 0 Å². The molecule has 3 heteroatoms. The van der Waals surface area contributed by atoms with Crippen LogP contribution in [0.3, 0.4) is 0 Å². The van der Waals surface area contributed by atoms with Crippen molar-refractivity contribution >= 4 is 0 Å². The minimum Gasteiger partial charge on any atom is -0.379 e. The summed E-state index contributed by atoms with van der Waals surface area (Å²) in [7, 11) is 0. The van der Waals surface area contributed by atoms with Crippen LogP contribution in [0.25, 0.3) is 0 Å². The lowest BCUT2D eigenvalue weighted by Crippen LogP contribution is -2.41. The fraction of sp³-hybridized carbons (Fsp3) is 1.00. The maximum absolute atomic E-state index is 5.32. The second-order valence-electron chi connectivity index (χ2n) is 4.58. The molecule has 84 valence electrons. The second-order valence-corrected chi connectivity index (χ2v) is 4.58. The van der Waals surface area contributed by atoms with E-state index in [1.54, 1.807) is 0 Å². The van der Waals surface area contributed by atoms with E-state index in [1.807, 2.05) is 0 Å². The molecule has 0 spiro atoms. The maximum Gasteiger partial charge on any atom is 0.0594 e. The van der Waals surface area contributed by atoms with E-state index in [2.05, 4.69) is 31.0 Å². The third-order valence-electron chi connectivity index (χ3n) is 2.55. The van der Waals surface area contributed by atoms with E-state index < -0.39 is 0 Å². The highest BCUT2D eigenvalue weighted by molar-refractivity contribution is 4.68. The van der Waals surface area contributed by atoms with Crippen LogP contribution in [-0.2, 0) is 4.74 Å². The van der Waals surface area contributed by atoms with Gasteiger partial charge in [-0.1, -0.05) is 20.8 Å². The maximum atomic E-state index is 5.32. The zero-order valence-electron chi connectivity index (χ0n) is 9.75. The van der Waals surface area contributed by atoms with Gasteiger partial charge in [-0.3, -0.25) is 4.90 Å². The molecular weight excluding hydrogens is 176 g/mol. The molecular formula is C11H24N2O. The Bertz CT molecular complexity index is 144. The Morgan fingerprint density at radius 1 is 1.21 bits per heavy atom. The van der Waals surface area contributed by atoms with Crippen molar-refractivity contribution in [2.24, 2.45) is 5.92 Å². The summed E-state index contributed by atoms with van der Waals surface area (Å²) in [5.41, 5.74) is 0. The minimum atomic E-state index is 0.599. The number of hydrogen-bond donors (Lipinski definition) is 1. The van der Waals surface area contributed by atoms with Crippen molar-refractivity contribution in [2.45, 2.75) is 26.8 Å². The molecule has 1 rings (SSSR count). The number of nitrogens with zero attached hydrogens (tertiary/aromatic N) is 1. The Morgan fingerprint density at radius 2 is 1.86 bits per heavy atom. The molecule has 0 amide bonds. The van der Waals surface area contributed by atoms with Gasteiger partial charge in [0.05, 0.1) is 13.2 Å². The van der Waals surface area contributed by atoms with Gasteiger partial charge in [0, 0.05) is 25.7 Å². The Morgan fingerprint density at radius 3 is 2.43 bits per heavy atom. The zero-order valence-corrected chi connectivity index (χ0v) is 9.75. The van der Waals surface area contributed by atoms with Crippen LogP contribution in [-0.4, -0.2) is 50.3 Å². The zero-order chi connectivity index (χ0) is 10.4. The van der Waals surface area contributed by atoms with Crippen molar-refractivity contribution < 1.29 is 4.74 Å². The van der Waals surface area contributed by atoms with Gasteiger partial charge < -0.3 is 10.1 Å². The fourth-order valence-corrected chi connectivity index (χ4v) is 1.73. The Hall–Kier alpha value is -0.120. The number of morpholine rings is 1. The molecule has 0 aliphatic carbocycles. The van der Waals surface area contributed by atoms with Crippen molar-refractivity contribution in [3.8, 4) is 0 Å². The van der Waals surface area contributed by atoms with Crippen molar-refractivity contribution in [1.29, 1.82) is 0 Å². The quantitative estimate of drug-likeness (QED) is 0.715. The van der Waals surface area contributed by atoms with Crippen molar-refractivity contribution in [3.05, 3.63) is 0 Å². The van der Waals surface area contributed by atoms with Gasteiger partial charge in [-0.05, 0) is 12.5 Å². The Labute approximate surface area is 87.8 Å². The summed E-state index contributed by atoms with van der Waals surface area (Å²) in [6.07, 6.45) is 0. The molecule has 0 aromatic heterocycles. The number of nitrogens with one attached hydrogen (secondary N) is 1. The predicted molar refractivity (Wildman–Crippen MR) is 59.6 cm³/mol. The van der Waals surface area contributed by atoms with Crippen LogP contribution in [0.15, 0.2) is 0 Å². The molecule has 14 heavy (non-hydrogen) atoms. The van der Waals surface area contributed by atoms with E-state index in [0.717, 1.165) is 38.8 Å². The van der Waals surface area contributed by atoms with Gasteiger partial charge in [-0.2, -0.15) is 0 Å². The average molecular weight is 200 g/mol. The second kappa shape index (κ2) is 6.38. The highest BCUT2D eigenvalue weighted by Crippen LogP contribution is 2.02. The molecule has 1 saturated heterocycles. The van der Waals surface area contributed by atoms with Crippen LogP contribution in [0.5, 0.6) is 0 Å². The predicted octanol–water partition coefficient (Wildman–Crippen LogP) is 0.953. The van der Waals surface area contributed by atoms with E-state index >= 15 is 0 Å². The van der Waals surface area contributed by atoms with Gasteiger partial charge in [0.15, 0.2) is 0 Å². The summed E-state index contributed by atoms with van der Waals surface area (Å²) in [5.74, 6) is 0.732. The van der Waals surface area contributed by atoms with E-state index in [0.29, 0.717) is 6.04 Å². The average Bonchev–Trinajstić information content (AvgIpc) is 2.16. The number of ether oxygens (including phenoxy) is 1. The normalized spacial score (nSPS) is 21.4. The molecule has 1 unspecified atom stereocenters. The Balaban J connectivity index is 2.09. The molecule has 1 heterocycles. The lowest BCUT2D eigenvalue weighted by Gasteiger charge is -2.29. The van der Waals surface area contributed by atoms with Gasteiger partial charge in [-0.25, -0.2) is 0 Å². The SMILES string of the molecule is CC(CNC(C)C)CN1CCOCC1. The lowest BCUT2D eigenvalue weighted by molar-refractivity contribution is 0.0317. The molecule has 1 aliphatic heterocycles. The van der Waals surface area contributed by atoms with Crippen molar-refractivity contribution in [2.75, 3.05) is 39.4 Å². The van der Waals surface area contributed by atoms with Gasteiger partial charge >= 0.3 is 0 Å². The van der Waals surface area contributed by atoms with Crippen LogP contribution < -0.4 is 5.32 Å². The van der Waals surface area contributed by atoms with Gasteiger partial charge in [0.25, 0.3) is 0 Å². The minimum absolute atomic E-state index is 0.599. The van der Waals surface area contributed by atoms with Gasteiger partial charge in [-0.15, -0.1) is 0 Å². The van der Waals surface area contributed by atoms with Gasteiger partial charge in [0.1, 0.15) is 0 Å². The van der Waals surface area contributed by atoms with Crippen LogP contribution in [0, 0.1) is 5.92 Å². The highest BCUT2D eigenvalue weighted by atomic mass is 16.5. The standard InChI is InChI=1S/C11H24N2O/c1-10(2)12-8-11(3)9-13-4-6-14-7-5-13/h10-12H,4-9H2,1-3H3.